The highest BCUT2D eigenvalue weighted by molar-refractivity contribution is 4.78. The number of unbranched alkanes of at least 4 members (excludes halogenated alkanes) is 1. The molecule has 11 heavy (non-hydrogen) atoms. The van der Waals surface area contributed by atoms with Gasteiger partial charge in [-0.15, -0.1) is 0 Å². The van der Waals surface area contributed by atoms with Gasteiger partial charge in [-0.1, -0.05) is 27.2 Å². The molecule has 1 nitrogen and oxygen atoms in total. The van der Waals surface area contributed by atoms with E-state index >= 15 is 0 Å². The highest BCUT2D eigenvalue weighted by atomic mass is 15.0. The molecule has 0 fully saturated rings. The number of rotatable bonds is 6. The van der Waals surface area contributed by atoms with Gasteiger partial charge in [0.25, 0.3) is 0 Å². The van der Waals surface area contributed by atoms with Crippen LogP contribution in [0.15, 0.2) is 0 Å². The second-order valence-electron chi connectivity index (χ2n) is 3.55. The fourth-order valence-corrected chi connectivity index (χ4v) is 1.07. The molecule has 0 atom stereocenters. The molecule has 0 aliphatic rings. The highest BCUT2D eigenvalue weighted by Crippen LogP contribution is 2.12. The maximum Gasteiger partial charge on any atom is 0.0148 e. The lowest BCUT2D eigenvalue weighted by atomic mass is 9.95. The third kappa shape index (κ3) is 4.41. The van der Waals surface area contributed by atoms with Crippen LogP contribution in [0.4, 0.5) is 0 Å². The van der Waals surface area contributed by atoms with E-state index in [1.54, 1.807) is 0 Å². The average molecular weight is 157 g/mol. The standard InChI is InChI=1S/C10H23N/c1-5-8-9-11-10(4,6-2)7-3/h11H,5-9H2,1-4H3. The first-order chi connectivity index (χ1) is 5.18. The largest absolute Gasteiger partial charge is 0.312 e. The van der Waals surface area contributed by atoms with Gasteiger partial charge in [-0.3, -0.25) is 0 Å². The van der Waals surface area contributed by atoms with Crippen LogP contribution in [0, 0.1) is 0 Å². The smallest absolute Gasteiger partial charge is 0.0148 e. The summed E-state index contributed by atoms with van der Waals surface area (Å²) in [5.74, 6) is 0. The van der Waals surface area contributed by atoms with Crippen molar-refractivity contribution < 1.29 is 0 Å². The van der Waals surface area contributed by atoms with Gasteiger partial charge in [-0.2, -0.15) is 0 Å². The molecule has 0 aromatic heterocycles. The van der Waals surface area contributed by atoms with E-state index in [1.165, 1.54) is 32.2 Å². The highest BCUT2D eigenvalue weighted by Gasteiger charge is 2.16. The van der Waals surface area contributed by atoms with Crippen molar-refractivity contribution in [2.45, 2.75) is 58.9 Å². The molecule has 0 saturated carbocycles. The van der Waals surface area contributed by atoms with E-state index in [-0.39, 0.29) is 0 Å². The van der Waals surface area contributed by atoms with Crippen molar-refractivity contribution in [2.24, 2.45) is 0 Å². The molecule has 0 rings (SSSR count). The van der Waals surface area contributed by atoms with E-state index in [0.717, 1.165) is 0 Å². The van der Waals surface area contributed by atoms with Crippen molar-refractivity contribution in [1.82, 2.24) is 5.32 Å². The first-order valence-corrected chi connectivity index (χ1v) is 4.93. The molecule has 0 amide bonds. The molecule has 0 aromatic carbocycles. The van der Waals surface area contributed by atoms with Gasteiger partial charge in [0.15, 0.2) is 0 Å². The monoisotopic (exact) mass is 157 g/mol. The van der Waals surface area contributed by atoms with E-state index < -0.39 is 0 Å². The number of hydrogen-bond donors (Lipinski definition) is 1. The lowest BCUT2D eigenvalue weighted by Crippen LogP contribution is -2.41. The van der Waals surface area contributed by atoms with Crippen LogP contribution in [0.3, 0.4) is 0 Å². The number of hydrogen-bond acceptors (Lipinski definition) is 1. The van der Waals surface area contributed by atoms with Crippen molar-refractivity contribution in [3.05, 3.63) is 0 Å². The van der Waals surface area contributed by atoms with Crippen LogP contribution < -0.4 is 5.32 Å². The molecule has 0 unspecified atom stereocenters. The van der Waals surface area contributed by atoms with Crippen LogP contribution in [0.1, 0.15) is 53.4 Å². The van der Waals surface area contributed by atoms with E-state index in [9.17, 15) is 0 Å². The lowest BCUT2D eigenvalue weighted by Gasteiger charge is -2.28. The Kier molecular flexibility index (Phi) is 5.57. The van der Waals surface area contributed by atoms with Gasteiger partial charge in [0.2, 0.25) is 0 Å². The van der Waals surface area contributed by atoms with E-state index in [0.29, 0.717) is 5.54 Å². The third-order valence-electron chi connectivity index (χ3n) is 2.64. The van der Waals surface area contributed by atoms with Crippen molar-refractivity contribution in [3.8, 4) is 0 Å². The zero-order chi connectivity index (χ0) is 8.74. The molecule has 0 radical (unpaired) electrons. The Balaban J connectivity index is 3.51. The van der Waals surface area contributed by atoms with E-state index in [2.05, 4.69) is 33.0 Å². The van der Waals surface area contributed by atoms with E-state index in [1.807, 2.05) is 0 Å². The van der Waals surface area contributed by atoms with Crippen LogP contribution in [-0.2, 0) is 0 Å². The molecular weight excluding hydrogens is 134 g/mol. The minimum atomic E-state index is 0.384. The third-order valence-corrected chi connectivity index (χ3v) is 2.64. The summed E-state index contributed by atoms with van der Waals surface area (Å²) < 4.78 is 0. The van der Waals surface area contributed by atoms with Crippen LogP contribution in [0.25, 0.3) is 0 Å². The molecule has 0 bridgehead atoms. The van der Waals surface area contributed by atoms with Gasteiger partial charge in [0.1, 0.15) is 0 Å². The zero-order valence-electron chi connectivity index (χ0n) is 8.54. The molecule has 0 aromatic rings. The maximum atomic E-state index is 3.60. The Morgan fingerprint density at radius 2 is 1.64 bits per heavy atom. The fourth-order valence-electron chi connectivity index (χ4n) is 1.07. The Hall–Kier alpha value is -0.0400. The fraction of sp³-hybridized carbons (Fsp3) is 1.00. The topological polar surface area (TPSA) is 12.0 Å². The summed E-state index contributed by atoms with van der Waals surface area (Å²) in [6.45, 7) is 10.2. The molecule has 0 heterocycles. The van der Waals surface area contributed by atoms with Crippen molar-refractivity contribution in [3.63, 3.8) is 0 Å². The van der Waals surface area contributed by atoms with Crippen LogP contribution in [0.5, 0.6) is 0 Å². The predicted molar refractivity (Wildman–Crippen MR) is 51.9 cm³/mol. The Bertz CT molecular complexity index is 84.9. The van der Waals surface area contributed by atoms with Gasteiger partial charge < -0.3 is 5.32 Å². The zero-order valence-corrected chi connectivity index (χ0v) is 8.54. The normalized spacial score (nSPS) is 12.0. The van der Waals surface area contributed by atoms with Gasteiger partial charge in [0.05, 0.1) is 0 Å². The van der Waals surface area contributed by atoms with Gasteiger partial charge >= 0.3 is 0 Å². The second-order valence-corrected chi connectivity index (χ2v) is 3.55. The Morgan fingerprint density at radius 1 is 1.09 bits per heavy atom. The summed E-state index contributed by atoms with van der Waals surface area (Å²) in [6.07, 6.45) is 5.05. The maximum absolute atomic E-state index is 3.60. The minimum absolute atomic E-state index is 0.384. The summed E-state index contributed by atoms with van der Waals surface area (Å²) in [4.78, 5) is 0. The molecular formula is C10H23N. The Labute approximate surface area is 71.6 Å². The van der Waals surface area contributed by atoms with Crippen LogP contribution in [0.2, 0.25) is 0 Å². The lowest BCUT2D eigenvalue weighted by molar-refractivity contribution is 0.330. The van der Waals surface area contributed by atoms with E-state index in [4.69, 9.17) is 0 Å². The first kappa shape index (κ1) is 11.0. The summed E-state index contributed by atoms with van der Waals surface area (Å²) in [7, 11) is 0. The predicted octanol–water partition coefficient (Wildman–Crippen LogP) is 2.95. The molecule has 1 heteroatoms. The van der Waals surface area contributed by atoms with Crippen molar-refractivity contribution in [2.75, 3.05) is 6.54 Å². The first-order valence-electron chi connectivity index (χ1n) is 4.93. The van der Waals surface area contributed by atoms with Crippen molar-refractivity contribution >= 4 is 0 Å². The minimum Gasteiger partial charge on any atom is -0.312 e. The van der Waals surface area contributed by atoms with Gasteiger partial charge in [0, 0.05) is 5.54 Å². The average Bonchev–Trinajstić information content (AvgIpc) is 2.05. The molecule has 0 spiro atoms. The quantitative estimate of drug-likeness (QED) is 0.584. The van der Waals surface area contributed by atoms with Gasteiger partial charge in [-0.05, 0) is 32.7 Å². The van der Waals surface area contributed by atoms with Gasteiger partial charge in [-0.25, -0.2) is 0 Å². The molecule has 1 N–H and O–H groups in total. The second kappa shape index (κ2) is 5.59. The SMILES string of the molecule is CCCCNC(C)(CC)CC. The summed E-state index contributed by atoms with van der Waals surface area (Å²) in [5.41, 5.74) is 0.384. The van der Waals surface area contributed by atoms with Crippen LogP contribution >= 0.6 is 0 Å². The van der Waals surface area contributed by atoms with Crippen molar-refractivity contribution in [1.29, 1.82) is 0 Å². The summed E-state index contributed by atoms with van der Waals surface area (Å²) >= 11 is 0. The molecule has 0 aliphatic heterocycles. The molecule has 68 valence electrons. The molecule has 0 aliphatic carbocycles. The van der Waals surface area contributed by atoms with Crippen LogP contribution in [-0.4, -0.2) is 12.1 Å². The Morgan fingerprint density at radius 3 is 2.00 bits per heavy atom. The molecule has 0 saturated heterocycles. The summed E-state index contributed by atoms with van der Waals surface area (Å²) in [5, 5.41) is 3.60. The number of nitrogens with one attached hydrogen (secondary N) is 1. The summed E-state index contributed by atoms with van der Waals surface area (Å²) in [6, 6.07) is 0.